The molecule has 0 fully saturated rings. The van der Waals surface area contributed by atoms with Crippen molar-refractivity contribution < 1.29 is 14.3 Å². The summed E-state index contributed by atoms with van der Waals surface area (Å²) in [5, 5.41) is 12.2. The molecule has 2 aromatic rings. The van der Waals surface area contributed by atoms with E-state index in [2.05, 4.69) is 21.2 Å². The van der Waals surface area contributed by atoms with Crippen LogP contribution in [0, 0.1) is 18.3 Å². The summed E-state index contributed by atoms with van der Waals surface area (Å²) in [6.45, 7) is 4.52. The van der Waals surface area contributed by atoms with Crippen LogP contribution in [-0.2, 0) is 4.79 Å². The number of rotatable bonds is 7. The van der Waals surface area contributed by atoms with Gasteiger partial charge in [-0.3, -0.25) is 4.79 Å². The summed E-state index contributed by atoms with van der Waals surface area (Å²) in [5.41, 5.74) is 2.29. The molecule has 6 heteroatoms. The van der Waals surface area contributed by atoms with E-state index in [-0.39, 0.29) is 5.57 Å². The summed E-state index contributed by atoms with van der Waals surface area (Å²) < 4.78 is 11.7. The second kappa shape index (κ2) is 9.79. The molecule has 0 radical (unpaired) electrons. The van der Waals surface area contributed by atoms with Crippen LogP contribution in [0.1, 0.15) is 24.5 Å². The van der Waals surface area contributed by atoms with Gasteiger partial charge in [-0.2, -0.15) is 5.26 Å². The van der Waals surface area contributed by atoms with Crippen molar-refractivity contribution >= 4 is 33.6 Å². The lowest BCUT2D eigenvalue weighted by Crippen LogP contribution is -2.13. The van der Waals surface area contributed by atoms with Gasteiger partial charge in [-0.1, -0.05) is 35.0 Å². The molecule has 0 atom stereocenters. The van der Waals surface area contributed by atoms with Crippen LogP contribution < -0.4 is 14.8 Å². The Bertz CT molecular complexity index is 901. The number of amides is 1. The molecule has 5 nitrogen and oxygen atoms in total. The van der Waals surface area contributed by atoms with Gasteiger partial charge in [-0.25, -0.2) is 0 Å². The van der Waals surface area contributed by atoms with E-state index in [1.165, 1.54) is 6.08 Å². The minimum atomic E-state index is -0.472. The van der Waals surface area contributed by atoms with Gasteiger partial charge in [0.2, 0.25) is 0 Å². The van der Waals surface area contributed by atoms with Crippen LogP contribution >= 0.6 is 15.9 Å². The van der Waals surface area contributed by atoms with Crippen molar-refractivity contribution in [1.29, 1.82) is 5.26 Å². The molecular formula is C21H21BrN2O3. The molecule has 27 heavy (non-hydrogen) atoms. The van der Waals surface area contributed by atoms with Crippen LogP contribution in [-0.4, -0.2) is 19.6 Å². The maximum atomic E-state index is 12.5. The largest absolute Gasteiger partial charge is 0.493 e. The summed E-state index contributed by atoms with van der Waals surface area (Å²) >= 11 is 3.46. The number of halogens is 1. The van der Waals surface area contributed by atoms with Gasteiger partial charge < -0.3 is 14.8 Å². The molecule has 0 spiro atoms. The van der Waals surface area contributed by atoms with Gasteiger partial charge in [0, 0.05) is 10.2 Å². The summed E-state index contributed by atoms with van der Waals surface area (Å²) in [5.74, 6) is 0.667. The van der Waals surface area contributed by atoms with E-state index in [1.807, 2.05) is 38.1 Å². The van der Waals surface area contributed by atoms with Gasteiger partial charge in [-0.15, -0.1) is 0 Å². The van der Waals surface area contributed by atoms with Crippen LogP contribution in [0.25, 0.3) is 6.08 Å². The van der Waals surface area contributed by atoms with Gasteiger partial charge in [0.05, 0.1) is 13.7 Å². The molecule has 140 valence electrons. The van der Waals surface area contributed by atoms with Gasteiger partial charge >= 0.3 is 0 Å². The highest BCUT2D eigenvalue weighted by Crippen LogP contribution is 2.34. The molecular weight excluding hydrogens is 408 g/mol. The first-order valence-corrected chi connectivity index (χ1v) is 9.28. The number of benzene rings is 2. The molecule has 0 saturated heterocycles. The zero-order valence-electron chi connectivity index (χ0n) is 15.5. The Morgan fingerprint density at radius 1 is 1.30 bits per heavy atom. The van der Waals surface area contributed by atoms with E-state index in [0.29, 0.717) is 33.8 Å². The van der Waals surface area contributed by atoms with Crippen molar-refractivity contribution in [2.45, 2.75) is 20.3 Å². The minimum Gasteiger partial charge on any atom is -0.493 e. The molecule has 0 heterocycles. The van der Waals surface area contributed by atoms with E-state index in [0.717, 1.165) is 12.0 Å². The molecule has 2 aromatic carbocycles. The lowest BCUT2D eigenvalue weighted by Gasteiger charge is -2.12. The van der Waals surface area contributed by atoms with Gasteiger partial charge in [0.15, 0.2) is 11.5 Å². The molecule has 2 rings (SSSR count). The number of carbonyl (C=O) groups excluding carboxylic acids is 1. The van der Waals surface area contributed by atoms with Crippen molar-refractivity contribution in [3.8, 4) is 17.6 Å². The number of anilines is 1. The van der Waals surface area contributed by atoms with E-state index in [9.17, 15) is 10.1 Å². The third-order valence-electron chi connectivity index (χ3n) is 3.69. The molecule has 0 bridgehead atoms. The number of nitrogens with zero attached hydrogens (tertiary/aromatic N) is 1. The Labute approximate surface area is 167 Å². The second-order valence-electron chi connectivity index (χ2n) is 5.87. The highest BCUT2D eigenvalue weighted by Gasteiger charge is 2.14. The lowest BCUT2D eigenvalue weighted by molar-refractivity contribution is -0.112. The van der Waals surface area contributed by atoms with Gasteiger partial charge in [0.25, 0.3) is 5.91 Å². The smallest absolute Gasteiger partial charge is 0.266 e. The highest BCUT2D eigenvalue weighted by molar-refractivity contribution is 9.10. The molecule has 1 amide bonds. The van der Waals surface area contributed by atoms with Crippen molar-refractivity contribution in [1.82, 2.24) is 0 Å². The maximum absolute atomic E-state index is 12.5. The average Bonchev–Trinajstić information content (AvgIpc) is 2.65. The zero-order valence-corrected chi connectivity index (χ0v) is 17.1. The predicted octanol–water partition coefficient (Wildman–Crippen LogP) is 5.10. The predicted molar refractivity (Wildman–Crippen MR) is 110 cm³/mol. The fourth-order valence-corrected chi connectivity index (χ4v) is 2.81. The average molecular weight is 429 g/mol. The molecule has 0 aliphatic carbocycles. The van der Waals surface area contributed by atoms with Gasteiger partial charge in [-0.05, 0) is 54.8 Å². The fraction of sp³-hybridized carbons (Fsp3) is 0.238. The number of nitrogens with one attached hydrogen (secondary N) is 1. The van der Waals surface area contributed by atoms with E-state index in [4.69, 9.17) is 9.47 Å². The number of carbonyl (C=O) groups is 1. The molecule has 0 aromatic heterocycles. The SMILES string of the molecule is CCCOc1cc(Br)c(C=C(C#N)C(=O)Nc2cccc(C)c2)cc1OC. The van der Waals surface area contributed by atoms with E-state index in [1.54, 1.807) is 25.3 Å². The lowest BCUT2D eigenvalue weighted by atomic mass is 10.1. The third kappa shape index (κ3) is 5.60. The van der Waals surface area contributed by atoms with Crippen molar-refractivity contribution in [3.63, 3.8) is 0 Å². The summed E-state index contributed by atoms with van der Waals surface area (Å²) in [7, 11) is 1.55. The minimum absolute atomic E-state index is 0.0125. The topological polar surface area (TPSA) is 71.3 Å². The number of nitriles is 1. The Morgan fingerprint density at radius 2 is 2.07 bits per heavy atom. The van der Waals surface area contributed by atoms with E-state index >= 15 is 0 Å². The molecule has 0 unspecified atom stereocenters. The Hall–Kier alpha value is -2.78. The Balaban J connectivity index is 2.30. The zero-order chi connectivity index (χ0) is 19.8. The summed E-state index contributed by atoms with van der Waals surface area (Å²) in [6, 6.07) is 12.8. The summed E-state index contributed by atoms with van der Waals surface area (Å²) in [4.78, 5) is 12.5. The Morgan fingerprint density at radius 3 is 2.70 bits per heavy atom. The van der Waals surface area contributed by atoms with Crippen LogP contribution in [0.4, 0.5) is 5.69 Å². The molecule has 0 saturated carbocycles. The standard InChI is InChI=1S/C21H21BrN2O3/c1-4-8-27-20-12-18(22)15(11-19(20)26-3)10-16(13-23)21(25)24-17-7-5-6-14(2)9-17/h5-7,9-12H,4,8H2,1-3H3,(H,24,25). The second-order valence-corrected chi connectivity index (χ2v) is 6.72. The number of hydrogen-bond donors (Lipinski definition) is 1. The monoisotopic (exact) mass is 428 g/mol. The number of methoxy groups -OCH3 is 1. The fourth-order valence-electron chi connectivity index (χ4n) is 2.37. The highest BCUT2D eigenvalue weighted by atomic mass is 79.9. The van der Waals surface area contributed by atoms with Gasteiger partial charge in [0.1, 0.15) is 11.6 Å². The number of ether oxygens (including phenoxy) is 2. The Kier molecular flexibility index (Phi) is 7.44. The summed E-state index contributed by atoms with van der Waals surface area (Å²) in [6.07, 6.45) is 2.39. The van der Waals surface area contributed by atoms with Crippen molar-refractivity contribution in [2.24, 2.45) is 0 Å². The first-order chi connectivity index (χ1) is 13.0. The number of hydrogen-bond acceptors (Lipinski definition) is 4. The molecule has 0 aliphatic heterocycles. The van der Waals surface area contributed by atoms with E-state index < -0.39 is 5.91 Å². The third-order valence-corrected chi connectivity index (χ3v) is 4.37. The maximum Gasteiger partial charge on any atom is 0.266 e. The van der Waals surface area contributed by atoms with Crippen molar-refractivity contribution in [3.05, 3.63) is 57.6 Å². The van der Waals surface area contributed by atoms with Crippen LogP contribution in [0.2, 0.25) is 0 Å². The quantitative estimate of drug-likeness (QED) is 0.491. The first kappa shape index (κ1) is 20.5. The van der Waals surface area contributed by atoms with Crippen LogP contribution in [0.3, 0.4) is 0 Å². The van der Waals surface area contributed by atoms with Crippen molar-refractivity contribution in [2.75, 3.05) is 19.0 Å². The molecule has 1 N–H and O–H groups in total. The molecule has 0 aliphatic rings. The number of aryl methyl sites for hydroxylation is 1. The van der Waals surface area contributed by atoms with Crippen LogP contribution in [0.15, 0.2) is 46.4 Å². The van der Waals surface area contributed by atoms with Crippen LogP contribution in [0.5, 0.6) is 11.5 Å². The normalized spacial score (nSPS) is 10.9. The first-order valence-electron chi connectivity index (χ1n) is 8.48.